The Balaban J connectivity index is 1.55. The molecule has 2 heterocycles. The number of nitrogens with zero attached hydrogens (tertiary/aromatic N) is 2. The van der Waals surface area contributed by atoms with Crippen LogP contribution >= 0.6 is 0 Å². The molecule has 7 nitrogen and oxygen atoms in total. The number of ketones is 1. The first-order chi connectivity index (χ1) is 14.4. The van der Waals surface area contributed by atoms with Crippen LogP contribution in [0.15, 0.2) is 36.4 Å². The van der Waals surface area contributed by atoms with Gasteiger partial charge in [0, 0.05) is 18.7 Å². The number of imide groups is 1. The highest BCUT2D eigenvalue weighted by Gasteiger charge is 2.43. The number of amides is 2. The normalized spacial score (nSPS) is 19.0. The molecule has 0 aromatic heterocycles. The highest BCUT2D eigenvalue weighted by Crippen LogP contribution is 2.35. The fourth-order valence-electron chi connectivity index (χ4n) is 4.19. The Kier molecular flexibility index (Phi) is 5.30. The quantitative estimate of drug-likeness (QED) is 0.559. The summed E-state index contributed by atoms with van der Waals surface area (Å²) in [5.41, 5.74) is 3.29. The molecule has 2 amide bonds. The summed E-state index contributed by atoms with van der Waals surface area (Å²) in [6, 6.07) is 10.0. The van der Waals surface area contributed by atoms with Crippen molar-refractivity contribution in [3.05, 3.63) is 53.1 Å². The zero-order valence-corrected chi connectivity index (χ0v) is 17.3. The van der Waals surface area contributed by atoms with E-state index in [1.165, 1.54) is 11.8 Å². The van der Waals surface area contributed by atoms with Gasteiger partial charge in [-0.2, -0.15) is 0 Å². The van der Waals surface area contributed by atoms with Gasteiger partial charge in [0.25, 0.3) is 5.91 Å². The Labute approximate surface area is 175 Å². The Bertz CT molecular complexity index is 1010. The average Bonchev–Trinajstić information content (AvgIpc) is 3.06. The first kappa shape index (κ1) is 20.1. The van der Waals surface area contributed by atoms with Crippen LogP contribution in [0, 0.1) is 0 Å². The number of ether oxygens (including phenoxy) is 2. The van der Waals surface area contributed by atoms with E-state index in [0.29, 0.717) is 35.8 Å². The van der Waals surface area contributed by atoms with Crippen LogP contribution < -0.4 is 14.4 Å². The summed E-state index contributed by atoms with van der Waals surface area (Å²) in [6.45, 7) is 2.73. The minimum absolute atomic E-state index is 0.0578. The second-order valence-electron chi connectivity index (χ2n) is 7.59. The lowest BCUT2D eigenvalue weighted by Crippen LogP contribution is -2.44. The van der Waals surface area contributed by atoms with Crippen molar-refractivity contribution in [2.75, 3.05) is 25.7 Å². The smallest absolute Gasteiger partial charge is 0.251 e. The zero-order valence-electron chi connectivity index (χ0n) is 17.3. The van der Waals surface area contributed by atoms with Gasteiger partial charge in [0.15, 0.2) is 17.3 Å². The van der Waals surface area contributed by atoms with Crippen molar-refractivity contribution in [3.63, 3.8) is 0 Å². The summed E-state index contributed by atoms with van der Waals surface area (Å²) in [7, 11) is 3.21. The minimum atomic E-state index is -0.494. The van der Waals surface area contributed by atoms with Gasteiger partial charge >= 0.3 is 0 Å². The number of anilines is 1. The molecule has 30 heavy (non-hydrogen) atoms. The van der Waals surface area contributed by atoms with Crippen molar-refractivity contribution < 1.29 is 23.9 Å². The molecule has 0 aliphatic carbocycles. The lowest BCUT2D eigenvalue weighted by molar-refractivity contribution is -0.123. The number of carbonyl (C=O) groups excluding carboxylic acids is 3. The van der Waals surface area contributed by atoms with E-state index in [0.717, 1.165) is 17.5 Å². The largest absolute Gasteiger partial charge is 0.493 e. The molecule has 156 valence electrons. The predicted molar refractivity (Wildman–Crippen MR) is 111 cm³/mol. The highest BCUT2D eigenvalue weighted by atomic mass is 16.5. The van der Waals surface area contributed by atoms with Gasteiger partial charge < -0.3 is 9.47 Å². The van der Waals surface area contributed by atoms with Gasteiger partial charge in [-0.1, -0.05) is 0 Å². The average molecular weight is 408 g/mol. The predicted octanol–water partition coefficient (Wildman–Crippen LogP) is 2.60. The van der Waals surface area contributed by atoms with Crippen LogP contribution in [0.1, 0.15) is 34.8 Å². The Morgan fingerprint density at radius 1 is 1.00 bits per heavy atom. The molecule has 1 atom stereocenters. The zero-order chi connectivity index (χ0) is 21.4. The number of carbonyl (C=O) groups is 3. The molecule has 0 spiro atoms. The van der Waals surface area contributed by atoms with Crippen LogP contribution in [-0.4, -0.2) is 49.3 Å². The number of Topliss-reactive ketones (excluding diaryl/α,β-unsaturated/α-hetero) is 1. The Morgan fingerprint density at radius 2 is 1.63 bits per heavy atom. The molecule has 0 radical (unpaired) electrons. The van der Waals surface area contributed by atoms with Crippen LogP contribution in [0.2, 0.25) is 0 Å². The molecule has 7 heteroatoms. The Morgan fingerprint density at radius 3 is 2.23 bits per heavy atom. The van der Waals surface area contributed by atoms with E-state index >= 15 is 0 Å². The lowest BCUT2D eigenvalue weighted by Gasteiger charge is -2.32. The molecular formula is C23H24N2O5. The van der Waals surface area contributed by atoms with Gasteiger partial charge in [0.05, 0.1) is 32.4 Å². The standard InChI is InChI=1S/C23H24N2O5/c1-14(26)15-4-6-18(7-5-15)25-22(27)12-19(23(25)28)24-9-8-16-10-20(29-2)21(30-3)11-17(16)13-24/h4-7,10-11,19H,8-9,12-13H2,1-3H3. The number of hydrogen-bond donors (Lipinski definition) is 0. The third-order valence-electron chi connectivity index (χ3n) is 5.84. The highest BCUT2D eigenvalue weighted by molar-refractivity contribution is 6.22. The molecule has 0 N–H and O–H groups in total. The van der Waals surface area contributed by atoms with Crippen molar-refractivity contribution in [3.8, 4) is 11.5 Å². The van der Waals surface area contributed by atoms with Crippen LogP contribution in [-0.2, 0) is 22.6 Å². The lowest BCUT2D eigenvalue weighted by atomic mass is 9.97. The molecule has 2 aromatic rings. The van der Waals surface area contributed by atoms with Gasteiger partial charge in [0.1, 0.15) is 0 Å². The first-order valence-electron chi connectivity index (χ1n) is 9.88. The molecule has 1 fully saturated rings. The number of methoxy groups -OCH3 is 2. The molecule has 4 rings (SSSR count). The monoisotopic (exact) mass is 408 g/mol. The second-order valence-corrected chi connectivity index (χ2v) is 7.59. The summed E-state index contributed by atoms with van der Waals surface area (Å²) in [5, 5.41) is 0. The molecule has 2 aliphatic rings. The third kappa shape index (κ3) is 3.45. The summed E-state index contributed by atoms with van der Waals surface area (Å²) in [6.07, 6.45) is 0.914. The fourth-order valence-corrected chi connectivity index (χ4v) is 4.19. The summed E-state index contributed by atoms with van der Waals surface area (Å²) >= 11 is 0. The van der Waals surface area contributed by atoms with E-state index in [1.54, 1.807) is 38.5 Å². The van der Waals surface area contributed by atoms with Crippen molar-refractivity contribution in [2.24, 2.45) is 0 Å². The number of hydrogen-bond acceptors (Lipinski definition) is 6. The molecule has 2 aromatic carbocycles. The molecule has 1 unspecified atom stereocenters. The first-order valence-corrected chi connectivity index (χ1v) is 9.88. The fraction of sp³-hybridized carbons (Fsp3) is 0.348. The van der Waals surface area contributed by atoms with Gasteiger partial charge in [-0.15, -0.1) is 0 Å². The summed E-state index contributed by atoms with van der Waals surface area (Å²) in [5.74, 6) is 0.840. The van der Waals surface area contributed by atoms with Crippen LogP contribution in [0.25, 0.3) is 0 Å². The van der Waals surface area contributed by atoms with Crippen molar-refractivity contribution in [1.82, 2.24) is 4.90 Å². The maximum Gasteiger partial charge on any atom is 0.251 e. The van der Waals surface area contributed by atoms with E-state index in [-0.39, 0.29) is 24.0 Å². The van der Waals surface area contributed by atoms with E-state index in [1.807, 2.05) is 12.1 Å². The maximum atomic E-state index is 13.1. The number of rotatable bonds is 5. The SMILES string of the molecule is COc1cc2c(cc1OC)CN(C1CC(=O)N(c3ccc(C(C)=O)cc3)C1=O)CC2. The molecule has 1 saturated heterocycles. The maximum absolute atomic E-state index is 13.1. The van der Waals surface area contributed by atoms with E-state index in [4.69, 9.17) is 9.47 Å². The summed E-state index contributed by atoms with van der Waals surface area (Å²) in [4.78, 5) is 40.6. The molecule has 0 bridgehead atoms. The second kappa shape index (κ2) is 7.91. The number of benzene rings is 2. The van der Waals surface area contributed by atoms with Crippen molar-refractivity contribution >= 4 is 23.3 Å². The summed E-state index contributed by atoms with van der Waals surface area (Å²) < 4.78 is 10.8. The van der Waals surface area contributed by atoms with E-state index < -0.39 is 6.04 Å². The van der Waals surface area contributed by atoms with Crippen LogP contribution in [0.3, 0.4) is 0 Å². The van der Waals surface area contributed by atoms with Crippen LogP contribution in [0.5, 0.6) is 11.5 Å². The molecule has 2 aliphatic heterocycles. The minimum Gasteiger partial charge on any atom is -0.493 e. The third-order valence-corrected chi connectivity index (χ3v) is 5.84. The topological polar surface area (TPSA) is 76.2 Å². The van der Waals surface area contributed by atoms with E-state index in [2.05, 4.69) is 4.90 Å². The molecule has 0 saturated carbocycles. The molecular weight excluding hydrogens is 384 g/mol. The Hall–Kier alpha value is -3.19. The number of fused-ring (bicyclic) bond motifs is 1. The van der Waals surface area contributed by atoms with Gasteiger partial charge in [-0.3, -0.25) is 19.3 Å². The van der Waals surface area contributed by atoms with Crippen molar-refractivity contribution in [2.45, 2.75) is 32.4 Å². The van der Waals surface area contributed by atoms with Gasteiger partial charge in [-0.05, 0) is 60.9 Å². The van der Waals surface area contributed by atoms with E-state index in [9.17, 15) is 14.4 Å². The van der Waals surface area contributed by atoms with Crippen molar-refractivity contribution in [1.29, 1.82) is 0 Å². The van der Waals surface area contributed by atoms with Gasteiger partial charge in [-0.25, -0.2) is 4.90 Å². The van der Waals surface area contributed by atoms with Crippen LogP contribution in [0.4, 0.5) is 5.69 Å². The van der Waals surface area contributed by atoms with Gasteiger partial charge in [0.2, 0.25) is 5.91 Å².